The van der Waals surface area contributed by atoms with Gasteiger partial charge in [0.25, 0.3) is 5.91 Å². The molecule has 2 aromatic rings. The first kappa shape index (κ1) is 22.3. The lowest BCUT2D eigenvalue weighted by Gasteiger charge is -2.33. The number of urea groups is 1. The van der Waals surface area contributed by atoms with E-state index in [0.29, 0.717) is 15.8 Å². The van der Waals surface area contributed by atoms with Crippen LogP contribution in [0.5, 0.6) is 0 Å². The Kier molecular flexibility index (Phi) is 5.96. The average Bonchev–Trinajstić information content (AvgIpc) is 3.00. The summed E-state index contributed by atoms with van der Waals surface area (Å²) in [5.41, 5.74) is 0.889. The van der Waals surface area contributed by atoms with Gasteiger partial charge in [-0.2, -0.15) is 10.1 Å². The number of hydrazone groups is 1. The van der Waals surface area contributed by atoms with Gasteiger partial charge in [-0.25, -0.2) is 9.69 Å². The molecule has 164 valence electrons. The lowest BCUT2D eigenvalue weighted by Crippen LogP contribution is -2.60. The first-order valence-corrected chi connectivity index (χ1v) is 10.5. The van der Waals surface area contributed by atoms with Crippen molar-refractivity contribution in [3.63, 3.8) is 0 Å². The number of carbonyl (C=O) groups is 3. The normalized spacial score (nSPS) is 22.5. The lowest BCUT2D eigenvalue weighted by molar-refractivity contribution is -0.124. The zero-order valence-electron chi connectivity index (χ0n) is 16.4. The van der Waals surface area contributed by atoms with Crippen LogP contribution in [0.3, 0.4) is 0 Å². The van der Waals surface area contributed by atoms with E-state index >= 15 is 0 Å². The van der Waals surface area contributed by atoms with E-state index in [4.69, 9.17) is 34.8 Å². The number of carbonyl (C=O) groups excluding carboxylic acids is 3. The molecule has 0 aliphatic carbocycles. The topological polar surface area (TPSA) is 102 Å². The molecule has 4 amide bonds. The minimum atomic E-state index is -1.54. The molecule has 2 aliphatic rings. The van der Waals surface area contributed by atoms with Crippen LogP contribution in [0.15, 0.2) is 59.2 Å². The first-order chi connectivity index (χ1) is 15.2. The fraction of sp³-hybridized carbons (Fsp3) is 0.143. The van der Waals surface area contributed by atoms with E-state index in [1.54, 1.807) is 25.1 Å². The van der Waals surface area contributed by atoms with E-state index < -0.39 is 30.0 Å². The van der Waals surface area contributed by atoms with Crippen LogP contribution in [0.4, 0.5) is 16.2 Å². The molecule has 2 aliphatic heterocycles. The number of benzene rings is 2. The number of anilines is 2. The molecule has 0 aromatic heterocycles. The Hall–Kier alpha value is -2.91. The second kappa shape index (κ2) is 8.55. The van der Waals surface area contributed by atoms with Crippen LogP contribution >= 0.6 is 34.8 Å². The maximum atomic E-state index is 13.1. The van der Waals surface area contributed by atoms with E-state index in [0.717, 1.165) is 9.91 Å². The SMILES string of the molecule is CC1=NN(c2cc(Cl)ccc2Cl)C(=O)/C1=C\C1C(=O)N(c2cccc(Cl)c2)C(=O)NC1O. The van der Waals surface area contributed by atoms with Crippen LogP contribution < -0.4 is 15.2 Å². The highest BCUT2D eigenvalue weighted by Crippen LogP contribution is 2.34. The molecule has 1 saturated heterocycles. The van der Waals surface area contributed by atoms with Gasteiger partial charge in [-0.15, -0.1) is 0 Å². The molecule has 2 aromatic carbocycles. The van der Waals surface area contributed by atoms with E-state index in [9.17, 15) is 19.5 Å². The highest BCUT2D eigenvalue weighted by molar-refractivity contribution is 6.38. The van der Waals surface area contributed by atoms with Gasteiger partial charge in [0.1, 0.15) is 12.1 Å². The minimum absolute atomic E-state index is 0.0839. The Bertz CT molecular complexity index is 1210. The molecule has 32 heavy (non-hydrogen) atoms. The molecule has 2 unspecified atom stereocenters. The summed E-state index contributed by atoms with van der Waals surface area (Å²) >= 11 is 18.2. The second-order valence-corrected chi connectivity index (χ2v) is 8.33. The van der Waals surface area contributed by atoms with Gasteiger partial charge in [-0.3, -0.25) is 9.59 Å². The number of halogens is 3. The van der Waals surface area contributed by atoms with Crippen LogP contribution in [0.25, 0.3) is 0 Å². The smallest absolute Gasteiger partial charge is 0.330 e. The number of imide groups is 1. The predicted octanol–water partition coefficient (Wildman–Crippen LogP) is 3.99. The number of aliphatic hydroxyl groups excluding tert-OH is 1. The van der Waals surface area contributed by atoms with Crippen molar-refractivity contribution < 1.29 is 19.5 Å². The maximum Gasteiger partial charge on any atom is 0.330 e. The average molecular weight is 494 g/mol. The number of nitrogens with one attached hydrogen (secondary N) is 1. The Morgan fingerprint density at radius 2 is 1.78 bits per heavy atom. The van der Waals surface area contributed by atoms with Gasteiger partial charge in [0, 0.05) is 10.0 Å². The first-order valence-electron chi connectivity index (χ1n) is 9.32. The van der Waals surface area contributed by atoms with Crippen LogP contribution in [0.2, 0.25) is 15.1 Å². The van der Waals surface area contributed by atoms with Crippen LogP contribution in [-0.4, -0.2) is 34.9 Å². The molecule has 0 bridgehead atoms. The summed E-state index contributed by atoms with van der Waals surface area (Å²) in [6.45, 7) is 1.58. The zero-order chi connectivity index (χ0) is 23.2. The van der Waals surface area contributed by atoms with Crippen molar-refractivity contribution in [2.45, 2.75) is 13.2 Å². The summed E-state index contributed by atoms with van der Waals surface area (Å²) in [5, 5.41) is 18.9. The van der Waals surface area contributed by atoms with Crippen molar-refractivity contribution in [1.82, 2.24) is 5.32 Å². The highest BCUT2D eigenvalue weighted by atomic mass is 35.5. The summed E-state index contributed by atoms with van der Waals surface area (Å²) in [4.78, 5) is 39.4. The van der Waals surface area contributed by atoms with Crippen molar-refractivity contribution in [2.24, 2.45) is 11.0 Å². The van der Waals surface area contributed by atoms with Gasteiger partial charge in [-0.1, -0.05) is 46.9 Å². The molecule has 4 rings (SSSR count). The van der Waals surface area contributed by atoms with Gasteiger partial charge in [0.15, 0.2) is 0 Å². The molecule has 2 N–H and O–H groups in total. The molecular weight excluding hydrogens is 479 g/mol. The van der Waals surface area contributed by atoms with Crippen molar-refractivity contribution in [1.29, 1.82) is 0 Å². The molecule has 0 saturated carbocycles. The van der Waals surface area contributed by atoms with Crippen molar-refractivity contribution in [3.05, 3.63) is 69.2 Å². The maximum absolute atomic E-state index is 13.1. The number of nitrogens with zero attached hydrogens (tertiary/aromatic N) is 3. The standard InChI is InChI=1S/C21H15Cl3N4O4/c1-10-14(20(31)28(26-10)17-8-12(23)5-6-16(17)24)9-15-18(29)25-21(32)27(19(15)30)13-4-2-3-11(22)7-13/h2-9,15,18,29H,1H3,(H,25,32)/b14-9-. The molecule has 11 heteroatoms. The number of aliphatic hydroxyl groups is 1. The second-order valence-electron chi connectivity index (χ2n) is 7.05. The van der Waals surface area contributed by atoms with Crippen molar-refractivity contribution >= 4 is 69.7 Å². The molecule has 2 atom stereocenters. The molecule has 2 heterocycles. The Morgan fingerprint density at radius 1 is 1.06 bits per heavy atom. The number of hydrogen-bond acceptors (Lipinski definition) is 5. The zero-order valence-corrected chi connectivity index (χ0v) is 18.7. The van der Waals surface area contributed by atoms with Crippen molar-refractivity contribution in [3.8, 4) is 0 Å². The number of amides is 4. The monoisotopic (exact) mass is 492 g/mol. The molecular formula is C21H15Cl3N4O4. The molecule has 0 radical (unpaired) electrons. The van der Waals surface area contributed by atoms with E-state index in [2.05, 4.69) is 10.4 Å². The van der Waals surface area contributed by atoms with Gasteiger partial charge in [0.05, 0.1) is 27.7 Å². The summed E-state index contributed by atoms with van der Waals surface area (Å²) in [6.07, 6.45) is -0.258. The quantitative estimate of drug-likeness (QED) is 0.631. The largest absolute Gasteiger partial charge is 0.372 e. The van der Waals surface area contributed by atoms with Crippen LogP contribution in [-0.2, 0) is 9.59 Å². The Labute approximate surface area is 197 Å². The fourth-order valence-corrected chi connectivity index (χ4v) is 3.94. The Balaban J connectivity index is 1.68. The van der Waals surface area contributed by atoms with E-state index in [-0.39, 0.29) is 22.0 Å². The summed E-state index contributed by atoms with van der Waals surface area (Å²) in [6, 6.07) is 9.94. The number of rotatable bonds is 3. The van der Waals surface area contributed by atoms with Gasteiger partial charge in [0.2, 0.25) is 5.91 Å². The summed E-state index contributed by atoms with van der Waals surface area (Å²) < 4.78 is 0. The summed E-state index contributed by atoms with van der Waals surface area (Å²) in [5.74, 6) is -2.53. The third kappa shape index (κ3) is 3.98. The van der Waals surface area contributed by atoms with Gasteiger partial charge < -0.3 is 10.4 Å². The molecule has 8 nitrogen and oxygen atoms in total. The third-order valence-electron chi connectivity index (χ3n) is 4.93. The van der Waals surface area contributed by atoms with Crippen molar-refractivity contribution in [2.75, 3.05) is 9.91 Å². The predicted molar refractivity (Wildman–Crippen MR) is 122 cm³/mol. The lowest BCUT2D eigenvalue weighted by atomic mass is 9.97. The van der Waals surface area contributed by atoms with E-state index in [1.165, 1.54) is 30.3 Å². The highest BCUT2D eigenvalue weighted by Gasteiger charge is 2.42. The van der Waals surface area contributed by atoms with Crippen LogP contribution in [0.1, 0.15) is 6.92 Å². The Morgan fingerprint density at radius 3 is 2.50 bits per heavy atom. The fourth-order valence-electron chi connectivity index (χ4n) is 3.39. The van der Waals surface area contributed by atoms with Gasteiger partial charge >= 0.3 is 6.03 Å². The minimum Gasteiger partial charge on any atom is -0.372 e. The van der Waals surface area contributed by atoms with E-state index in [1.807, 2.05) is 0 Å². The molecule has 1 fully saturated rings. The number of hydrogen-bond donors (Lipinski definition) is 2. The summed E-state index contributed by atoms with van der Waals surface area (Å²) in [7, 11) is 0. The van der Waals surface area contributed by atoms with Gasteiger partial charge in [-0.05, 0) is 43.3 Å². The van der Waals surface area contributed by atoms with Crippen LogP contribution in [0, 0.1) is 5.92 Å². The molecule has 0 spiro atoms. The third-order valence-corrected chi connectivity index (χ3v) is 5.72.